The van der Waals surface area contributed by atoms with Crippen LogP contribution in [0.15, 0.2) is 10.9 Å². The van der Waals surface area contributed by atoms with Crippen molar-refractivity contribution in [1.82, 2.24) is 9.78 Å². The minimum absolute atomic E-state index is 0.124. The van der Waals surface area contributed by atoms with Gasteiger partial charge in [0.15, 0.2) is 0 Å². The van der Waals surface area contributed by atoms with Crippen molar-refractivity contribution in [1.29, 1.82) is 0 Å². The monoisotopic (exact) mass is 330 g/mol. The summed E-state index contributed by atoms with van der Waals surface area (Å²) in [5, 5.41) is 3.36. The molecule has 4 nitrogen and oxygen atoms in total. The topological polar surface area (TPSA) is 47.0 Å². The van der Waals surface area contributed by atoms with Gasteiger partial charge < -0.3 is 4.74 Å². The Labute approximate surface area is 143 Å². The summed E-state index contributed by atoms with van der Waals surface area (Å²) in [6.07, 6.45) is 14.2. The van der Waals surface area contributed by atoms with Crippen molar-refractivity contribution in [2.75, 3.05) is 0 Å². The van der Waals surface area contributed by atoms with Gasteiger partial charge >= 0.3 is 0 Å². The minimum Gasteiger partial charge on any atom is -0.369 e. The molecule has 5 fully saturated rings. The van der Waals surface area contributed by atoms with E-state index in [0.29, 0.717) is 12.6 Å². The van der Waals surface area contributed by atoms with Gasteiger partial charge in [-0.25, -0.2) is 4.68 Å². The first-order valence-electron chi connectivity index (χ1n) is 10.1. The van der Waals surface area contributed by atoms with Crippen molar-refractivity contribution in [3.05, 3.63) is 22.1 Å². The smallest absolute Gasteiger partial charge is 0.267 e. The van der Waals surface area contributed by atoms with E-state index in [1.165, 1.54) is 57.8 Å². The molecule has 4 heteroatoms. The van der Waals surface area contributed by atoms with E-state index in [1.807, 2.05) is 4.68 Å². The molecule has 0 aromatic carbocycles. The summed E-state index contributed by atoms with van der Waals surface area (Å²) < 4.78 is 8.37. The molecule has 5 aliphatic rings. The lowest BCUT2D eigenvalue weighted by atomic mass is 9.54. The van der Waals surface area contributed by atoms with Crippen LogP contribution in [-0.2, 0) is 11.3 Å². The first kappa shape index (κ1) is 15.2. The van der Waals surface area contributed by atoms with Crippen LogP contribution in [0.4, 0.5) is 0 Å². The average Bonchev–Trinajstić information content (AvgIpc) is 2.94. The van der Waals surface area contributed by atoms with Gasteiger partial charge in [0.2, 0.25) is 0 Å². The zero-order valence-corrected chi connectivity index (χ0v) is 14.6. The fourth-order valence-corrected chi connectivity index (χ4v) is 6.58. The average molecular weight is 330 g/mol. The molecular weight excluding hydrogens is 300 g/mol. The fraction of sp³-hybridized carbons (Fsp3) is 0.850. The van der Waals surface area contributed by atoms with Gasteiger partial charge in [0.05, 0.1) is 23.9 Å². The molecule has 24 heavy (non-hydrogen) atoms. The third kappa shape index (κ3) is 2.67. The number of nitrogens with zero attached hydrogens (tertiary/aromatic N) is 1. The number of nitrogens with one attached hydrogen (secondary N) is 1. The number of aromatic amines is 1. The van der Waals surface area contributed by atoms with Crippen molar-refractivity contribution in [3.8, 4) is 0 Å². The molecule has 4 bridgehead atoms. The number of H-pyrrole nitrogens is 1. The Morgan fingerprint density at radius 1 is 1.04 bits per heavy atom. The van der Waals surface area contributed by atoms with E-state index in [0.717, 1.165) is 36.3 Å². The standard InChI is InChI=1S/C20H30N2O2/c23-19-9-17(21-22(19)18-4-2-1-3-5-18)13-24-20-10-14-6-15(11-20)8-16(7-14)12-20/h9,14-16,18,21H,1-8,10-13H2. The Bertz CT molecular complexity index is 618. The van der Waals surface area contributed by atoms with Crippen LogP contribution in [0.2, 0.25) is 0 Å². The second kappa shape index (κ2) is 5.76. The van der Waals surface area contributed by atoms with Crippen molar-refractivity contribution < 1.29 is 4.74 Å². The van der Waals surface area contributed by atoms with Crippen molar-refractivity contribution in [2.24, 2.45) is 17.8 Å². The molecule has 1 aromatic heterocycles. The van der Waals surface area contributed by atoms with E-state index < -0.39 is 0 Å². The normalized spacial score (nSPS) is 38.8. The minimum atomic E-state index is 0.124. The van der Waals surface area contributed by atoms with Crippen LogP contribution >= 0.6 is 0 Å². The van der Waals surface area contributed by atoms with E-state index in [2.05, 4.69) is 5.10 Å². The maximum absolute atomic E-state index is 12.3. The molecule has 0 aliphatic heterocycles. The van der Waals surface area contributed by atoms with Gasteiger partial charge in [0.25, 0.3) is 5.56 Å². The number of hydrogen-bond donors (Lipinski definition) is 1. The van der Waals surface area contributed by atoms with Crippen molar-refractivity contribution in [3.63, 3.8) is 0 Å². The van der Waals surface area contributed by atoms with Crippen LogP contribution in [0, 0.1) is 17.8 Å². The third-order valence-electron chi connectivity index (χ3n) is 7.25. The second-order valence-electron chi connectivity index (χ2n) is 9.17. The molecule has 0 amide bonds. The molecule has 1 aromatic rings. The van der Waals surface area contributed by atoms with Crippen molar-refractivity contribution >= 4 is 0 Å². The first-order chi connectivity index (χ1) is 11.7. The number of ether oxygens (including phenoxy) is 1. The summed E-state index contributed by atoms with van der Waals surface area (Å²) in [6.45, 7) is 0.584. The molecule has 0 atom stereocenters. The van der Waals surface area contributed by atoms with Gasteiger partial charge in [-0.15, -0.1) is 0 Å². The summed E-state index contributed by atoms with van der Waals surface area (Å²) in [5.74, 6) is 2.71. The highest BCUT2D eigenvalue weighted by Crippen LogP contribution is 2.57. The van der Waals surface area contributed by atoms with Gasteiger partial charge in [0, 0.05) is 6.07 Å². The van der Waals surface area contributed by atoms with Crippen LogP contribution in [0.25, 0.3) is 0 Å². The Morgan fingerprint density at radius 2 is 1.67 bits per heavy atom. The highest BCUT2D eigenvalue weighted by atomic mass is 16.5. The summed E-state index contributed by atoms with van der Waals surface area (Å²) in [6, 6.07) is 2.15. The Hall–Kier alpha value is -1.03. The molecule has 0 radical (unpaired) electrons. The first-order valence-corrected chi connectivity index (χ1v) is 10.1. The van der Waals surface area contributed by atoms with Gasteiger partial charge in [-0.1, -0.05) is 19.3 Å². The van der Waals surface area contributed by atoms with Crippen LogP contribution in [0.1, 0.15) is 82.4 Å². The van der Waals surface area contributed by atoms with E-state index in [1.54, 1.807) is 6.07 Å². The molecule has 1 heterocycles. The maximum atomic E-state index is 12.3. The van der Waals surface area contributed by atoms with Crippen molar-refractivity contribution in [2.45, 2.75) is 88.9 Å². The number of hydrogen-bond acceptors (Lipinski definition) is 2. The summed E-state index contributed by atoms with van der Waals surface area (Å²) in [4.78, 5) is 12.3. The zero-order chi connectivity index (χ0) is 16.1. The Kier molecular flexibility index (Phi) is 3.66. The molecule has 6 rings (SSSR count). The molecule has 1 N–H and O–H groups in total. The zero-order valence-electron chi connectivity index (χ0n) is 14.6. The van der Waals surface area contributed by atoms with E-state index in [-0.39, 0.29) is 11.2 Å². The fourth-order valence-electron chi connectivity index (χ4n) is 6.58. The molecule has 0 saturated heterocycles. The van der Waals surface area contributed by atoms with Gasteiger partial charge in [-0.3, -0.25) is 9.89 Å². The van der Waals surface area contributed by atoms with E-state index in [9.17, 15) is 4.79 Å². The molecular formula is C20H30N2O2. The van der Waals surface area contributed by atoms with Gasteiger partial charge in [0.1, 0.15) is 0 Å². The predicted octanol–water partition coefficient (Wildman–Crippen LogP) is 4.17. The van der Waals surface area contributed by atoms with Crippen LogP contribution in [0.5, 0.6) is 0 Å². The Morgan fingerprint density at radius 3 is 2.29 bits per heavy atom. The molecule has 5 saturated carbocycles. The summed E-state index contributed by atoms with van der Waals surface area (Å²) in [7, 11) is 0. The lowest BCUT2D eigenvalue weighted by molar-refractivity contribution is -0.169. The quantitative estimate of drug-likeness (QED) is 0.901. The molecule has 0 spiro atoms. The van der Waals surface area contributed by atoms with Crippen LogP contribution in [-0.4, -0.2) is 15.4 Å². The lowest BCUT2D eigenvalue weighted by Crippen LogP contribution is -2.51. The third-order valence-corrected chi connectivity index (χ3v) is 7.25. The second-order valence-corrected chi connectivity index (χ2v) is 9.17. The summed E-state index contributed by atoms with van der Waals surface area (Å²) >= 11 is 0. The van der Waals surface area contributed by atoms with E-state index >= 15 is 0 Å². The largest absolute Gasteiger partial charge is 0.369 e. The van der Waals surface area contributed by atoms with E-state index in [4.69, 9.17) is 4.74 Å². The number of aromatic nitrogens is 2. The highest BCUT2D eigenvalue weighted by Gasteiger charge is 2.51. The van der Waals surface area contributed by atoms with Gasteiger partial charge in [-0.2, -0.15) is 0 Å². The van der Waals surface area contributed by atoms with Crippen LogP contribution < -0.4 is 5.56 Å². The molecule has 132 valence electrons. The van der Waals surface area contributed by atoms with Gasteiger partial charge in [-0.05, 0) is 69.1 Å². The number of rotatable bonds is 4. The predicted molar refractivity (Wildman–Crippen MR) is 92.9 cm³/mol. The SMILES string of the molecule is O=c1cc(COC23CC4CC(CC(C4)C2)C3)[nH]n1C1CCCCC1. The lowest BCUT2D eigenvalue weighted by Gasteiger charge is -2.56. The Balaban J connectivity index is 1.28. The molecule has 5 aliphatic carbocycles. The van der Waals surface area contributed by atoms with Crippen LogP contribution in [0.3, 0.4) is 0 Å². The summed E-state index contributed by atoms with van der Waals surface area (Å²) in [5.41, 5.74) is 1.23. The highest BCUT2D eigenvalue weighted by molar-refractivity contribution is 5.05. The maximum Gasteiger partial charge on any atom is 0.267 e. The molecule has 0 unspecified atom stereocenters.